The first-order valence-corrected chi connectivity index (χ1v) is 11.4. The topological polar surface area (TPSA) is 98.3 Å². The van der Waals surface area contributed by atoms with Gasteiger partial charge in [0.15, 0.2) is 5.13 Å². The van der Waals surface area contributed by atoms with Gasteiger partial charge in [-0.1, -0.05) is 46.7 Å². The third kappa shape index (κ3) is 3.54. The van der Waals surface area contributed by atoms with Crippen LogP contribution in [-0.4, -0.2) is 46.1 Å². The van der Waals surface area contributed by atoms with Crippen LogP contribution >= 0.6 is 34.5 Å². The number of aromatic carboxylic acids is 1. The van der Waals surface area contributed by atoms with E-state index in [-0.39, 0.29) is 45.1 Å². The minimum atomic E-state index is -1.10. The standard InChI is InChI=1S/C21H17Cl2FN4O3S/c1-8-13(22)14(23)17(25-8)19(29)26-16-11-6-28(7-12(11)16)21-27-15(18(32-21)20(30)31)9-3-2-4-10(24)5-9/h2-5,11-12,16,25H,6-7H2,1H3,(H,26,29)(H,30,31)/t11-,12+,16?. The Hall–Kier alpha value is -2.62. The van der Waals surface area contributed by atoms with Crippen LogP contribution in [0.3, 0.4) is 0 Å². The number of carbonyl (C=O) groups excluding carboxylic acids is 1. The Labute approximate surface area is 196 Å². The number of amides is 1. The fourth-order valence-corrected chi connectivity index (χ4v) is 5.63. The summed E-state index contributed by atoms with van der Waals surface area (Å²) in [5.41, 5.74) is 1.57. The Morgan fingerprint density at radius 3 is 2.59 bits per heavy atom. The Bertz CT molecular complexity index is 1250. The molecule has 1 unspecified atom stereocenters. The Kier molecular flexibility index (Phi) is 5.15. The highest BCUT2D eigenvalue weighted by atomic mass is 35.5. The summed E-state index contributed by atoms with van der Waals surface area (Å²) in [6.45, 7) is 3.03. The molecule has 1 aliphatic heterocycles. The number of nitrogens with zero attached hydrogens (tertiary/aromatic N) is 2. The third-order valence-corrected chi connectivity index (χ3v) is 8.00. The van der Waals surface area contributed by atoms with Crippen LogP contribution in [0.15, 0.2) is 24.3 Å². The highest BCUT2D eigenvalue weighted by Crippen LogP contribution is 2.48. The average Bonchev–Trinajstić information content (AvgIpc) is 3.16. The zero-order chi connectivity index (χ0) is 22.7. The summed E-state index contributed by atoms with van der Waals surface area (Å²) in [7, 11) is 0. The minimum Gasteiger partial charge on any atom is -0.477 e. The predicted molar refractivity (Wildman–Crippen MR) is 120 cm³/mol. The lowest BCUT2D eigenvalue weighted by atomic mass is 10.1. The quantitative estimate of drug-likeness (QED) is 0.486. The fourth-order valence-electron chi connectivity index (χ4n) is 4.27. The molecule has 7 nitrogen and oxygen atoms in total. The van der Waals surface area contributed by atoms with Crippen molar-refractivity contribution in [3.63, 3.8) is 0 Å². The molecule has 1 saturated heterocycles. The maximum absolute atomic E-state index is 13.6. The number of aromatic nitrogens is 2. The normalized spacial score (nSPS) is 21.5. The van der Waals surface area contributed by atoms with E-state index in [1.807, 2.05) is 4.90 Å². The number of carboxylic acid groups (broad SMARTS) is 1. The number of carboxylic acids is 1. The molecule has 0 spiro atoms. The molecule has 2 fully saturated rings. The van der Waals surface area contributed by atoms with Crippen molar-refractivity contribution in [2.45, 2.75) is 13.0 Å². The molecule has 1 amide bonds. The number of carbonyl (C=O) groups is 2. The second-order valence-corrected chi connectivity index (χ2v) is 9.71. The van der Waals surface area contributed by atoms with Gasteiger partial charge in [0.25, 0.3) is 5.91 Å². The minimum absolute atomic E-state index is 0.0128. The number of halogens is 3. The molecule has 5 rings (SSSR count). The van der Waals surface area contributed by atoms with Crippen LogP contribution in [0.5, 0.6) is 0 Å². The first-order valence-electron chi connectivity index (χ1n) is 9.84. The molecule has 2 aliphatic rings. The van der Waals surface area contributed by atoms with Crippen molar-refractivity contribution in [3.05, 3.63) is 56.4 Å². The van der Waals surface area contributed by atoms with E-state index in [0.29, 0.717) is 34.5 Å². The largest absolute Gasteiger partial charge is 0.477 e. The van der Waals surface area contributed by atoms with Crippen molar-refractivity contribution in [3.8, 4) is 11.3 Å². The van der Waals surface area contributed by atoms with Crippen molar-refractivity contribution < 1.29 is 19.1 Å². The van der Waals surface area contributed by atoms with E-state index in [0.717, 1.165) is 11.3 Å². The molecule has 11 heteroatoms. The second-order valence-electron chi connectivity index (χ2n) is 7.97. The first kappa shape index (κ1) is 21.2. The van der Waals surface area contributed by atoms with Gasteiger partial charge in [0, 0.05) is 42.2 Å². The first-order chi connectivity index (χ1) is 15.2. The van der Waals surface area contributed by atoms with Crippen molar-refractivity contribution in [1.82, 2.24) is 15.3 Å². The van der Waals surface area contributed by atoms with E-state index in [1.165, 1.54) is 18.2 Å². The monoisotopic (exact) mass is 494 g/mol. The summed E-state index contributed by atoms with van der Waals surface area (Å²) in [6.07, 6.45) is 0. The molecule has 0 bridgehead atoms. The Balaban J connectivity index is 1.29. The highest BCUT2D eigenvalue weighted by molar-refractivity contribution is 7.17. The van der Waals surface area contributed by atoms with Crippen LogP contribution in [0, 0.1) is 24.6 Å². The third-order valence-electron chi connectivity index (χ3n) is 5.95. The highest BCUT2D eigenvalue weighted by Gasteiger charge is 2.57. The van der Waals surface area contributed by atoms with Gasteiger partial charge >= 0.3 is 5.97 Å². The van der Waals surface area contributed by atoms with Crippen molar-refractivity contribution in [2.24, 2.45) is 11.8 Å². The molecular weight excluding hydrogens is 478 g/mol. The summed E-state index contributed by atoms with van der Waals surface area (Å²) in [6, 6.07) is 5.76. The molecule has 1 saturated carbocycles. The number of hydrogen-bond acceptors (Lipinski definition) is 5. The maximum Gasteiger partial charge on any atom is 0.348 e. The van der Waals surface area contributed by atoms with E-state index < -0.39 is 11.8 Å². The van der Waals surface area contributed by atoms with Gasteiger partial charge in [0.05, 0.1) is 15.7 Å². The van der Waals surface area contributed by atoms with Crippen LogP contribution in [0.4, 0.5) is 9.52 Å². The zero-order valence-corrected chi connectivity index (χ0v) is 19.0. The van der Waals surface area contributed by atoms with Crippen LogP contribution in [0.2, 0.25) is 10.0 Å². The molecule has 2 aromatic heterocycles. The molecule has 1 aliphatic carbocycles. The van der Waals surface area contributed by atoms with Gasteiger partial charge in [-0.2, -0.15) is 0 Å². The number of aryl methyl sites for hydroxylation is 1. The molecule has 32 heavy (non-hydrogen) atoms. The smallest absolute Gasteiger partial charge is 0.348 e. The number of rotatable bonds is 5. The van der Waals surface area contributed by atoms with Crippen molar-refractivity contribution in [1.29, 1.82) is 0 Å². The SMILES string of the molecule is Cc1[nH]c(C(=O)NC2[C@H]3CN(c4nc(-c5cccc(F)c5)c(C(=O)O)s4)C[C@@H]23)c(Cl)c1Cl. The van der Waals surface area contributed by atoms with Gasteiger partial charge in [-0.3, -0.25) is 4.79 Å². The molecule has 3 atom stereocenters. The van der Waals surface area contributed by atoms with Crippen LogP contribution in [0.25, 0.3) is 11.3 Å². The van der Waals surface area contributed by atoms with Crippen LogP contribution in [0.1, 0.15) is 25.9 Å². The number of hydrogen-bond donors (Lipinski definition) is 3. The number of H-pyrrole nitrogens is 1. The molecule has 3 aromatic rings. The second kappa shape index (κ2) is 7.75. The summed E-state index contributed by atoms with van der Waals surface area (Å²) < 4.78 is 13.6. The van der Waals surface area contributed by atoms with E-state index >= 15 is 0 Å². The van der Waals surface area contributed by atoms with Gasteiger partial charge in [-0.25, -0.2) is 14.2 Å². The van der Waals surface area contributed by atoms with E-state index in [1.54, 1.807) is 13.0 Å². The Morgan fingerprint density at radius 2 is 2.00 bits per heavy atom. The van der Waals surface area contributed by atoms with Gasteiger partial charge < -0.3 is 20.3 Å². The summed E-state index contributed by atoms with van der Waals surface area (Å²) >= 11 is 13.3. The van der Waals surface area contributed by atoms with Crippen molar-refractivity contribution in [2.75, 3.05) is 18.0 Å². The van der Waals surface area contributed by atoms with Crippen molar-refractivity contribution >= 4 is 51.5 Å². The van der Waals surface area contributed by atoms with Gasteiger partial charge in [-0.15, -0.1) is 0 Å². The number of benzene rings is 1. The number of aromatic amines is 1. The van der Waals surface area contributed by atoms with Crippen LogP contribution in [-0.2, 0) is 0 Å². The van der Waals surface area contributed by atoms with E-state index in [4.69, 9.17) is 23.2 Å². The zero-order valence-electron chi connectivity index (χ0n) is 16.7. The molecular formula is C21H17Cl2FN4O3S. The number of thiazole rings is 1. The number of anilines is 1. The number of fused-ring (bicyclic) bond motifs is 1. The fraction of sp³-hybridized carbons (Fsp3) is 0.286. The molecule has 3 heterocycles. The van der Waals surface area contributed by atoms with E-state index in [9.17, 15) is 19.1 Å². The number of piperidine rings is 1. The molecule has 0 radical (unpaired) electrons. The average molecular weight is 495 g/mol. The lowest BCUT2D eigenvalue weighted by Crippen LogP contribution is -2.34. The van der Waals surface area contributed by atoms with Gasteiger partial charge in [0.1, 0.15) is 16.4 Å². The summed E-state index contributed by atoms with van der Waals surface area (Å²) in [5.74, 6) is -1.38. The molecule has 166 valence electrons. The van der Waals surface area contributed by atoms with Crippen LogP contribution < -0.4 is 10.2 Å². The maximum atomic E-state index is 13.6. The summed E-state index contributed by atoms with van der Waals surface area (Å²) in [4.78, 5) is 33.8. The molecule has 1 aromatic carbocycles. The Morgan fingerprint density at radius 1 is 1.28 bits per heavy atom. The van der Waals surface area contributed by atoms with E-state index in [2.05, 4.69) is 15.3 Å². The predicted octanol–water partition coefficient (Wildman–Crippen LogP) is 4.46. The summed E-state index contributed by atoms with van der Waals surface area (Å²) in [5, 5.41) is 13.7. The van der Waals surface area contributed by atoms with Gasteiger partial charge in [0.2, 0.25) is 0 Å². The van der Waals surface area contributed by atoms with Gasteiger partial charge in [-0.05, 0) is 19.1 Å². The molecule has 3 N–H and O–H groups in total. The lowest BCUT2D eigenvalue weighted by Gasteiger charge is -2.19. The lowest BCUT2D eigenvalue weighted by molar-refractivity contribution is 0.0702. The number of nitrogens with one attached hydrogen (secondary N) is 2.